The number of aliphatic carboxylic acids is 1. The first-order valence-electron chi connectivity index (χ1n) is 7.91. The largest absolute Gasteiger partial charge is 0.495 e. The standard InChI is InChI=1S/C18H14ClF2NO5S/c1-8-9(6-15(23)24)10-5-13(26-2)11(19)7-12(10)22(8)17(25)14-3-4-16(28-14)27-18(20)21/h3-5,7,18H,6H2,1-2H3,(H,23,24). The number of hydrogen-bond acceptors (Lipinski definition) is 5. The Kier molecular flexibility index (Phi) is 5.57. The van der Waals surface area contributed by atoms with Crippen LogP contribution in [0.4, 0.5) is 8.78 Å². The fraction of sp³-hybridized carbons (Fsp3) is 0.222. The van der Waals surface area contributed by atoms with E-state index in [1.54, 1.807) is 13.0 Å². The first-order chi connectivity index (χ1) is 13.2. The van der Waals surface area contributed by atoms with E-state index < -0.39 is 18.5 Å². The van der Waals surface area contributed by atoms with Crippen molar-refractivity contribution in [3.8, 4) is 10.8 Å². The molecule has 6 nitrogen and oxygen atoms in total. The molecular formula is C18H14ClF2NO5S. The summed E-state index contributed by atoms with van der Waals surface area (Å²) in [5.74, 6) is -1.23. The average molecular weight is 430 g/mol. The van der Waals surface area contributed by atoms with E-state index in [2.05, 4.69) is 4.74 Å². The molecule has 3 aromatic rings. The summed E-state index contributed by atoms with van der Waals surface area (Å²) in [4.78, 5) is 24.5. The highest BCUT2D eigenvalue weighted by Gasteiger charge is 2.24. The summed E-state index contributed by atoms with van der Waals surface area (Å²) in [5, 5.41) is 9.90. The summed E-state index contributed by atoms with van der Waals surface area (Å²) in [6, 6.07) is 5.74. The Morgan fingerprint density at radius 3 is 2.64 bits per heavy atom. The molecule has 1 aromatic carbocycles. The lowest BCUT2D eigenvalue weighted by atomic mass is 10.1. The van der Waals surface area contributed by atoms with Crippen LogP contribution >= 0.6 is 22.9 Å². The van der Waals surface area contributed by atoms with Gasteiger partial charge >= 0.3 is 12.6 Å². The molecule has 0 spiro atoms. The predicted octanol–water partition coefficient (Wildman–Crippen LogP) is 4.59. The number of carbonyl (C=O) groups is 2. The number of hydrogen-bond donors (Lipinski definition) is 1. The average Bonchev–Trinajstić information content (AvgIpc) is 3.16. The summed E-state index contributed by atoms with van der Waals surface area (Å²) >= 11 is 6.96. The van der Waals surface area contributed by atoms with Crippen molar-refractivity contribution in [1.82, 2.24) is 4.57 Å². The van der Waals surface area contributed by atoms with Crippen LogP contribution in [-0.4, -0.2) is 35.3 Å². The van der Waals surface area contributed by atoms with Crippen molar-refractivity contribution in [1.29, 1.82) is 0 Å². The maximum Gasteiger partial charge on any atom is 0.388 e. The fourth-order valence-corrected chi connectivity index (χ4v) is 3.99. The van der Waals surface area contributed by atoms with Crippen molar-refractivity contribution >= 4 is 45.7 Å². The second kappa shape index (κ2) is 7.76. The number of carbonyl (C=O) groups excluding carboxylic acids is 1. The first kappa shape index (κ1) is 20.1. The number of alkyl halides is 2. The Balaban J connectivity index is 2.18. The van der Waals surface area contributed by atoms with Crippen molar-refractivity contribution < 1.29 is 33.0 Å². The van der Waals surface area contributed by atoms with Gasteiger partial charge in [-0.15, -0.1) is 0 Å². The van der Waals surface area contributed by atoms with Crippen molar-refractivity contribution in [2.24, 2.45) is 0 Å². The van der Waals surface area contributed by atoms with E-state index in [-0.39, 0.29) is 21.4 Å². The number of ether oxygens (including phenoxy) is 2. The Bertz CT molecular complexity index is 1080. The summed E-state index contributed by atoms with van der Waals surface area (Å²) in [5.41, 5.74) is 1.25. The number of benzene rings is 1. The van der Waals surface area contributed by atoms with Gasteiger partial charge in [-0.05, 0) is 36.8 Å². The van der Waals surface area contributed by atoms with Gasteiger partial charge in [-0.3, -0.25) is 14.2 Å². The van der Waals surface area contributed by atoms with E-state index in [0.29, 0.717) is 27.9 Å². The molecular weight excluding hydrogens is 416 g/mol. The minimum Gasteiger partial charge on any atom is -0.495 e. The van der Waals surface area contributed by atoms with Gasteiger partial charge in [0, 0.05) is 11.1 Å². The zero-order chi connectivity index (χ0) is 20.6. The Morgan fingerprint density at radius 2 is 2.04 bits per heavy atom. The quantitative estimate of drug-likeness (QED) is 0.620. The molecule has 0 aliphatic rings. The zero-order valence-electron chi connectivity index (χ0n) is 14.7. The molecule has 0 amide bonds. The molecule has 28 heavy (non-hydrogen) atoms. The number of halogens is 3. The van der Waals surface area contributed by atoms with Crippen LogP contribution in [0.3, 0.4) is 0 Å². The third-order valence-corrected chi connectivity index (χ3v) is 5.40. The number of nitrogens with zero attached hydrogens (tertiary/aromatic N) is 1. The van der Waals surface area contributed by atoms with Crippen molar-refractivity contribution in [2.45, 2.75) is 20.0 Å². The van der Waals surface area contributed by atoms with Crippen LogP contribution < -0.4 is 9.47 Å². The molecule has 1 N–H and O–H groups in total. The molecule has 0 fully saturated rings. The Labute approximate surface area is 166 Å². The lowest BCUT2D eigenvalue weighted by Gasteiger charge is -2.07. The molecule has 0 aliphatic carbocycles. The lowest BCUT2D eigenvalue weighted by Crippen LogP contribution is -2.13. The summed E-state index contributed by atoms with van der Waals surface area (Å²) in [6.07, 6.45) is -0.308. The highest BCUT2D eigenvalue weighted by atomic mass is 35.5. The van der Waals surface area contributed by atoms with Crippen molar-refractivity contribution in [3.05, 3.63) is 45.4 Å². The molecule has 10 heteroatoms. The number of carboxylic acid groups (broad SMARTS) is 1. The van der Waals surface area contributed by atoms with Gasteiger partial charge in [-0.1, -0.05) is 22.9 Å². The van der Waals surface area contributed by atoms with E-state index in [4.69, 9.17) is 16.3 Å². The van der Waals surface area contributed by atoms with Gasteiger partial charge in [0.2, 0.25) is 0 Å². The van der Waals surface area contributed by atoms with Crippen LogP contribution in [0.2, 0.25) is 5.02 Å². The van der Waals surface area contributed by atoms with Crippen molar-refractivity contribution in [3.63, 3.8) is 0 Å². The van der Waals surface area contributed by atoms with E-state index in [9.17, 15) is 23.5 Å². The number of thiophene rings is 1. The highest BCUT2D eigenvalue weighted by Crippen LogP contribution is 2.36. The monoisotopic (exact) mass is 429 g/mol. The molecule has 0 saturated carbocycles. The maximum atomic E-state index is 13.1. The van der Waals surface area contributed by atoms with Crippen LogP contribution in [-0.2, 0) is 11.2 Å². The fourth-order valence-electron chi connectivity index (χ4n) is 2.97. The second-order valence-corrected chi connectivity index (χ2v) is 7.23. The summed E-state index contributed by atoms with van der Waals surface area (Å²) in [7, 11) is 1.43. The van der Waals surface area contributed by atoms with Crippen LogP contribution in [0, 0.1) is 6.92 Å². The molecule has 0 unspecified atom stereocenters. The normalized spacial score (nSPS) is 11.2. The highest BCUT2D eigenvalue weighted by molar-refractivity contribution is 7.15. The molecule has 0 bridgehead atoms. The van der Waals surface area contributed by atoms with Gasteiger partial charge in [-0.25, -0.2) is 0 Å². The molecule has 0 aliphatic heterocycles. The second-order valence-electron chi connectivity index (χ2n) is 5.78. The number of fused-ring (bicyclic) bond motifs is 1. The molecule has 0 radical (unpaired) electrons. The minimum atomic E-state index is -3.00. The van der Waals surface area contributed by atoms with Gasteiger partial charge in [0.1, 0.15) is 5.75 Å². The smallest absolute Gasteiger partial charge is 0.388 e. The Morgan fingerprint density at radius 1 is 1.32 bits per heavy atom. The first-order valence-corrected chi connectivity index (χ1v) is 9.11. The number of methoxy groups -OCH3 is 1. The SMILES string of the molecule is COc1cc2c(CC(=O)O)c(C)n(C(=O)c3ccc(OC(F)F)s3)c2cc1Cl. The van der Waals surface area contributed by atoms with E-state index in [1.807, 2.05) is 0 Å². The third-order valence-electron chi connectivity index (χ3n) is 4.14. The Hall–Kier alpha value is -2.65. The van der Waals surface area contributed by atoms with Crippen molar-refractivity contribution in [2.75, 3.05) is 7.11 Å². The maximum absolute atomic E-state index is 13.1. The van der Waals surface area contributed by atoms with Crippen LogP contribution in [0.1, 0.15) is 20.9 Å². The zero-order valence-corrected chi connectivity index (χ0v) is 16.2. The molecule has 3 rings (SSSR count). The van der Waals surface area contributed by atoms with E-state index in [1.165, 1.54) is 29.9 Å². The van der Waals surface area contributed by atoms with Gasteiger partial charge in [0.25, 0.3) is 5.91 Å². The molecule has 0 saturated heterocycles. The topological polar surface area (TPSA) is 77.8 Å². The van der Waals surface area contributed by atoms with Crippen LogP contribution in [0.25, 0.3) is 10.9 Å². The molecule has 2 heterocycles. The molecule has 2 aromatic heterocycles. The lowest BCUT2D eigenvalue weighted by molar-refractivity contribution is -0.136. The number of carboxylic acids is 1. The van der Waals surface area contributed by atoms with Gasteiger partial charge in [0.15, 0.2) is 5.06 Å². The predicted molar refractivity (Wildman–Crippen MR) is 100 cm³/mol. The van der Waals surface area contributed by atoms with Crippen LogP contribution in [0.5, 0.6) is 10.8 Å². The van der Waals surface area contributed by atoms with E-state index in [0.717, 1.165) is 11.3 Å². The van der Waals surface area contributed by atoms with E-state index >= 15 is 0 Å². The third kappa shape index (κ3) is 3.67. The van der Waals surface area contributed by atoms with Gasteiger partial charge in [0.05, 0.1) is 28.9 Å². The van der Waals surface area contributed by atoms with Crippen LogP contribution in [0.15, 0.2) is 24.3 Å². The molecule has 0 atom stereocenters. The minimum absolute atomic E-state index is 0.0991. The summed E-state index contributed by atoms with van der Waals surface area (Å²) in [6.45, 7) is -1.38. The summed E-state index contributed by atoms with van der Waals surface area (Å²) < 4.78 is 35.6. The number of rotatable bonds is 6. The number of aromatic nitrogens is 1. The van der Waals surface area contributed by atoms with Gasteiger partial charge < -0.3 is 14.6 Å². The molecule has 148 valence electrons. The van der Waals surface area contributed by atoms with Gasteiger partial charge in [-0.2, -0.15) is 8.78 Å².